The molecular formula is C15H19N5O2. The highest BCUT2D eigenvalue weighted by Gasteiger charge is 2.27. The van der Waals surface area contributed by atoms with Gasteiger partial charge in [0.1, 0.15) is 18.4 Å². The van der Waals surface area contributed by atoms with Crippen molar-refractivity contribution >= 4 is 11.7 Å². The van der Waals surface area contributed by atoms with Crippen molar-refractivity contribution in [1.82, 2.24) is 19.9 Å². The number of aromatic nitrogens is 3. The highest BCUT2D eigenvalue weighted by atomic mass is 16.3. The third-order valence-electron chi connectivity index (χ3n) is 4.07. The molecule has 0 unspecified atom stereocenters. The van der Waals surface area contributed by atoms with Crippen LogP contribution in [-0.2, 0) is 0 Å². The van der Waals surface area contributed by atoms with E-state index in [-0.39, 0.29) is 5.91 Å². The quantitative estimate of drug-likeness (QED) is 0.855. The number of anilines is 1. The molecule has 0 saturated carbocycles. The van der Waals surface area contributed by atoms with E-state index in [1.54, 1.807) is 19.4 Å². The number of amides is 1. The standard InChI is InChI=1S/C15H19N5O2/c1-11-18-13(9-22-11)15(21)20-7-4-12(5-8-20)19(2)14-3-6-16-10-17-14/h3,6,9-10,12H,4-5,7-8H2,1-2H3. The zero-order chi connectivity index (χ0) is 15.5. The van der Waals surface area contributed by atoms with Gasteiger partial charge in [0, 0.05) is 39.3 Å². The summed E-state index contributed by atoms with van der Waals surface area (Å²) in [6, 6.07) is 2.27. The van der Waals surface area contributed by atoms with Gasteiger partial charge in [0.2, 0.25) is 0 Å². The Morgan fingerprint density at radius 1 is 1.41 bits per heavy atom. The van der Waals surface area contributed by atoms with E-state index in [1.165, 1.54) is 6.26 Å². The molecule has 7 heteroatoms. The predicted molar refractivity (Wildman–Crippen MR) is 80.6 cm³/mol. The van der Waals surface area contributed by atoms with Gasteiger partial charge in [0.15, 0.2) is 11.6 Å². The lowest BCUT2D eigenvalue weighted by Crippen LogP contribution is -2.46. The first-order chi connectivity index (χ1) is 10.6. The maximum absolute atomic E-state index is 12.3. The molecule has 2 aromatic heterocycles. The Morgan fingerprint density at radius 2 is 2.18 bits per heavy atom. The van der Waals surface area contributed by atoms with Crippen LogP contribution in [0.15, 0.2) is 29.3 Å². The molecule has 0 N–H and O–H groups in total. The smallest absolute Gasteiger partial charge is 0.275 e. The van der Waals surface area contributed by atoms with Crippen LogP contribution in [0, 0.1) is 6.92 Å². The first kappa shape index (κ1) is 14.5. The van der Waals surface area contributed by atoms with Crippen LogP contribution < -0.4 is 4.90 Å². The monoisotopic (exact) mass is 301 g/mol. The molecule has 0 spiro atoms. The normalized spacial score (nSPS) is 15.8. The number of carbonyl (C=O) groups excluding carboxylic acids is 1. The lowest BCUT2D eigenvalue weighted by molar-refractivity contribution is 0.0707. The minimum Gasteiger partial charge on any atom is -0.448 e. The van der Waals surface area contributed by atoms with Gasteiger partial charge in [-0.2, -0.15) is 0 Å². The number of carbonyl (C=O) groups is 1. The summed E-state index contributed by atoms with van der Waals surface area (Å²) >= 11 is 0. The van der Waals surface area contributed by atoms with E-state index in [2.05, 4.69) is 19.9 Å². The summed E-state index contributed by atoms with van der Waals surface area (Å²) in [5, 5.41) is 0. The van der Waals surface area contributed by atoms with Gasteiger partial charge in [-0.1, -0.05) is 0 Å². The first-order valence-corrected chi connectivity index (χ1v) is 7.35. The molecule has 7 nitrogen and oxygen atoms in total. The Morgan fingerprint density at radius 3 is 2.77 bits per heavy atom. The van der Waals surface area contributed by atoms with E-state index in [9.17, 15) is 4.79 Å². The molecule has 0 atom stereocenters. The van der Waals surface area contributed by atoms with Crippen LogP contribution >= 0.6 is 0 Å². The summed E-state index contributed by atoms with van der Waals surface area (Å²) in [6.07, 6.45) is 6.53. The lowest BCUT2D eigenvalue weighted by atomic mass is 10.0. The number of aryl methyl sites for hydroxylation is 1. The average Bonchev–Trinajstić information content (AvgIpc) is 3.01. The topological polar surface area (TPSA) is 75.4 Å². The molecule has 1 fully saturated rings. The SMILES string of the molecule is Cc1nc(C(=O)N2CCC(N(C)c3ccncn3)CC2)co1. The molecule has 22 heavy (non-hydrogen) atoms. The molecule has 116 valence electrons. The van der Waals surface area contributed by atoms with Crippen molar-refractivity contribution < 1.29 is 9.21 Å². The zero-order valence-corrected chi connectivity index (χ0v) is 12.8. The van der Waals surface area contributed by atoms with Crippen LogP contribution in [-0.4, -0.2) is 51.9 Å². The number of hydrogen-bond acceptors (Lipinski definition) is 6. The van der Waals surface area contributed by atoms with Crippen LogP contribution in [0.1, 0.15) is 29.2 Å². The van der Waals surface area contributed by atoms with Gasteiger partial charge < -0.3 is 14.2 Å². The van der Waals surface area contributed by atoms with Crippen molar-refractivity contribution in [3.8, 4) is 0 Å². The van der Waals surface area contributed by atoms with E-state index in [4.69, 9.17) is 4.42 Å². The van der Waals surface area contributed by atoms with Crippen LogP contribution in [0.4, 0.5) is 5.82 Å². The summed E-state index contributed by atoms with van der Waals surface area (Å²) in [4.78, 5) is 28.6. The fraction of sp³-hybridized carbons (Fsp3) is 0.467. The Hall–Kier alpha value is -2.44. The molecule has 1 saturated heterocycles. The predicted octanol–water partition coefficient (Wildman–Crippen LogP) is 1.51. The molecule has 0 aromatic carbocycles. The number of oxazole rings is 1. The van der Waals surface area contributed by atoms with Gasteiger partial charge in [-0.3, -0.25) is 4.79 Å². The zero-order valence-electron chi connectivity index (χ0n) is 12.8. The van der Waals surface area contributed by atoms with E-state index in [1.807, 2.05) is 18.0 Å². The van der Waals surface area contributed by atoms with E-state index in [0.717, 1.165) is 18.7 Å². The maximum Gasteiger partial charge on any atom is 0.275 e. The van der Waals surface area contributed by atoms with E-state index >= 15 is 0 Å². The molecule has 0 aliphatic carbocycles. The van der Waals surface area contributed by atoms with Crippen molar-refractivity contribution in [2.45, 2.75) is 25.8 Å². The second-order valence-corrected chi connectivity index (χ2v) is 5.45. The number of rotatable bonds is 3. The number of hydrogen-bond donors (Lipinski definition) is 0. The number of likely N-dealkylation sites (tertiary alicyclic amines) is 1. The first-order valence-electron chi connectivity index (χ1n) is 7.35. The van der Waals surface area contributed by atoms with Crippen molar-refractivity contribution in [3.05, 3.63) is 36.4 Å². The van der Waals surface area contributed by atoms with Gasteiger partial charge >= 0.3 is 0 Å². The van der Waals surface area contributed by atoms with Crippen LogP contribution in [0.2, 0.25) is 0 Å². The Balaban J connectivity index is 1.59. The third-order valence-corrected chi connectivity index (χ3v) is 4.07. The summed E-state index contributed by atoms with van der Waals surface area (Å²) in [6.45, 7) is 3.16. The number of nitrogens with zero attached hydrogens (tertiary/aromatic N) is 5. The summed E-state index contributed by atoms with van der Waals surface area (Å²) in [5.74, 6) is 1.37. The van der Waals surface area contributed by atoms with Crippen molar-refractivity contribution in [3.63, 3.8) is 0 Å². The van der Waals surface area contributed by atoms with Gasteiger partial charge in [0.05, 0.1) is 0 Å². The molecular weight excluding hydrogens is 282 g/mol. The Labute approximate surface area is 129 Å². The van der Waals surface area contributed by atoms with Gasteiger partial charge in [-0.25, -0.2) is 15.0 Å². The molecule has 0 radical (unpaired) electrons. The largest absolute Gasteiger partial charge is 0.448 e. The van der Waals surface area contributed by atoms with Crippen LogP contribution in [0.5, 0.6) is 0 Å². The molecule has 1 amide bonds. The van der Waals surface area contributed by atoms with Gasteiger partial charge in [-0.05, 0) is 18.9 Å². The minimum atomic E-state index is -0.0556. The second-order valence-electron chi connectivity index (χ2n) is 5.45. The van der Waals surface area contributed by atoms with Crippen LogP contribution in [0.3, 0.4) is 0 Å². The highest BCUT2D eigenvalue weighted by molar-refractivity contribution is 5.92. The lowest BCUT2D eigenvalue weighted by Gasteiger charge is -2.36. The summed E-state index contributed by atoms with van der Waals surface area (Å²) < 4.78 is 5.11. The van der Waals surface area contributed by atoms with E-state index in [0.29, 0.717) is 30.7 Å². The van der Waals surface area contributed by atoms with Crippen molar-refractivity contribution in [2.75, 3.05) is 25.0 Å². The van der Waals surface area contributed by atoms with Crippen molar-refractivity contribution in [2.24, 2.45) is 0 Å². The Bertz CT molecular complexity index is 634. The highest BCUT2D eigenvalue weighted by Crippen LogP contribution is 2.21. The molecule has 1 aliphatic heterocycles. The molecule has 3 heterocycles. The van der Waals surface area contributed by atoms with Crippen LogP contribution in [0.25, 0.3) is 0 Å². The fourth-order valence-electron chi connectivity index (χ4n) is 2.76. The number of piperidine rings is 1. The van der Waals surface area contributed by atoms with E-state index < -0.39 is 0 Å². The summed E-state index contributed by atoms with van der Waals surface area (Å²) in [5.41, 5.74) is 0.389. The minimum absolute atomic E-state index is 0.0556. The average molecular weight is 301 g/mol. The molecule has 1 aliphatic rings. The van der Waals surface area contributed by atoms with Crippen molar-refractivity contribution in [1.29, 1.82) is 0 Å². The maximum atomic E-state index is 12.3. The summed E-state index contributed by atoms with van der Waals surface area (Å²) in [7, 11) is 2.03. The Kier molecular flexibility index (Phi) is 4.04. The fourth-order valence-corrected chi connectivity index (χ4v) is 2.76. The molecule has 0 bridgehead atoms. The van der Waals surface area contributed by atoms with Gasteiger partial charge in [-0.15, -0.1) is 0 Å². The second kappa shape index (κ2) is 6.13. The molecule has 3 rings (SSSR count). The molecule has 2 aromatic rings. The van der Waals surface area contributed by atoms with Gasteiger partial charge in [0.25, 0.3) is 5.91 Å². The third kappa shape index (κ3) is 2.93.